The molecule has 2 heterocycles. The second kappa shape index (κ2) is 6.53. The summed E-state index contributed by atoms with van der Waals surface area (Å²) in [6.45, 7) is 3.88. The second-order valence-corrected chi connectivity index (χ2v) is 5.62. The molecule has 2 aromatic heterocycles. The summed E-state index contributed by atoms with van der Waals surface area (Å²) >= 11 is 3.37. The van der Waals surface area contributed by atoms with Crippen molar-refractivity contribution in [2.75, 3.05) is 0 Å². The fraction of sp³-hybridized carbons (Fsp3) is 0. The Labute approximate surface area is 140 Å². The summed E-state index contributed by atoms with van der Waals surface area (Å²) in [4.78, 5) is 12.1. The Bertz CT molecular complexity index is 822. The van der Waals surface area contributed by atoms with Gasteiger partial charge in [0.05, 0.1) is 12.0 Å². The van der Waals surface area contributed by atoms with Crippen LogP contribution in [0.2, 0.25) is 0 Å². The van der Waals surface area contributed by atoms with E-state index >= 15 is 0 Å². The van der Waals surface area contributed by atoms with Crippen LogP contribution in [0.15, 0.2) is 64.2 Å². The number of rotatable bonds is 5. The number of hydrogen-bond donors (Lipinski definition) is 3. The highest BCUT2D eigenvalue weighted by Crippen LogP contribution is 2.18. The first-order valence-electron chi connectivity index (χ1n) is 6.74. The normalized spacial score (nSPS) is 10.3. The van der Waals surface area contributed by atoms with E-state index in [9.17, 15) is 4.79 Å². The Hall–Kier alpha value is -2.80. The zero-order valence-corrected chi connectivity index (χ0v) is 13.6. The molecule has 1 amide bonds. The van der Waals surface area contributed by atoms with Crippen molar-refractivity contribution in [2.24, 2.45) is 0 Å². The van der Waals surface area contributed by atoms with E-state index in [4.69, 9.17) is 4.42 Å². The third kappa shape index (κ3) is 3.51. The lowest BCUT2D eigenvalue weighted by Gasteiger charge is -2.10. The maximum absolute atomic E-state index is 12.1. The van der Waals surface area contributed by atoms with Crippen molar-refractivity contribution in [1.82, 2.24) is 21.0 Å². The summed E-state index contributed by atoms with van der Waals surface area (Å²) in [6.07, 6.45) is 1.56. The molecule has 0 aliphatic heterocycles. The van der Waals surface area contributed by atoms with Gasteiger partial charge in [0.1, 0.15) is 5.69 Å². The summed E-state index contributed by atoms with van der Waals surface area (Å²) in [5.41, 5.74) is 7.65. The number of carbonyl (C=O) groups excluding carboxylic acids is 1. The fourth-order valence-electron chi connectivity index (χ4n) is 1.92. The van der Waals surface area contributed by atoms with Gasteiger partial charge in [0.25, 0.3) is 5.91 Å². The molecule has 0 aliphatic rings. The molecule has 116 valence electrons. The van der Waals surface area contributed by atoms with Crippen molar-refractivity contribution in [3.63, 3.8) is 0 Å². The maximum Gasteiger partial charge on any atom is 0.290 e. The van der Waals surface area contributed by atoms with Crippen LogP contribution in [0.1, 0.15) is 16.1 Å². The van der Waals surface area contributed by atoms with Crippen molar-refractivity contribution >= 4 is 27.5 Å². The van der Waals surface area contributed by atoms with Gasteiger partial charge in [-0.25, -0.2) is 0 Å². The number of aromatic amines is 1. The first-order valence-corrected chi connectivity index (χ1v) is 7.53. The molecule has 3 aromatic rings. The zero-order valence-electron chi connectivity index (χ0n) is 12.0. The van der Waals surface area contributed by atoms with Crippen LogP contribution in [0.3, 0.4) is 0 Å². The van der Waals surface area contributed by atoms with E-state index in [1.165, 1.54) is 0 Å². The molecule has 3 rings (SSSR count). The lowest BCUT2D eigenvalue weighted by atomic mass is 10.2. The number of hydrogen-bond acceptors (Lipinski definition) is 4. The lowest BCUT2D eigenvalue weighted by Crippen LogP contribution is -2.36. The van der Waals surface area contributed by atoms with Crippen molar-refractivity contribution < 1.29 is 9.21 Å². The highest BCUT2D eigenvalue weighted by molar-refractivity contribution is 9.10. The molecule has 0 saturated carbocycles. The van der Waals surface area contributed by atoms with E-state index < -0.39 is 0 Å². The number of carbonyl (C=O) groups is 1. The smallest absolute Gasteiger partial charge is 0.290 e. The monoisotopic (exact) mass is 372 g/mol. The molecule has 0 aliphatic carbocycles. The Morgan fingerprint density at radius 2 is 2.00 bits per heavy atom. The highest BCUT2D eigenvalue weighted by Gasteiger charge is 2.12. The molecule has 0 radical (unpaired) electrons. The van der Waals surface area contributed by atoms with Crippen LogP contribution in [0, 0.1) is 0 Å². The molecule has 6 nitrogen and oxygen atoms in total. The van der Waals surface area contributed by atoms with Crippen molar-refractivity contribution in [3.8, 4) is 11.5 Å². The van der Waals surface area contributed by atoms with Gasteiger partial charge in [-0.1, -0.05) is 34.6 Å². The molecule has 7 heteroatoms. The Kier molecular flexibility index (Phi) is 4.29. The number of aromatic nitrogens is 2. The summed E-state index contributed by atoms with van der Waals surface area (Å²) in [7, 11) is 0. The van der Waals surface area contributed by atoms with Crippen LogP contribution in [-0.4, -0.2) is 16.1 Å². The summed E-state index contributed by atoms with van der Waals surface area (Å²) < 4.78 is 6.21. The minimum Gasteiger partial charge on any atom is -0.463 e. The molecule has 0 saturated heterocycles. The number of nitrogens with one attached hydrogen (secondary N) is 3. The average molecular weight is 373 g/mol. The van der Waals surface area contributed by atoms with Crippen LogP contribution < -0.4 is 10.9 Å². The molecule has 3 N–H and O–H groups in total. The van der Waals surface area contributed by atoms with Gasteiger partial charge < -0.3 is 4.42 Å². The Balaban J connectivity index is 1.61. The van der Waals surface area contributed by atoms with Gasteiger partial charge in [-0.15, -0.1) is 0 Å². The van der Waals surface area contributed by atoms with Crippen molar-refractivity contribution in [3.05, 3.63) is 71.0 Å². The number of halogens is 1. The highest BCUT2D eigenvalue weighted by atomic mass is 79.9. The molecular formula is C16H13BrN4O2. The number of furan rings is 1. The summed E-state index contributed by atoms with van der Waals surface area (Å²) in [6, 6.07) is 12.7. The topological polar surface area (TPSA) is 83.0 Å². The third-order valence-corrected chi connectivity index (χ3v) is 3.65. The number of nitrogens with zero attached hydrogens (tertiary/aromatic N) is 1. The van der Waals surface area contributed by atoms with Crippen LogP contribution in [0.4, 0.5) is 0 Å². The fourth-order valence-corrected chi connectivity index (χ4v) is 2.18. The SMILES string of the molecule is C=C(NNC(=O)c1cc(-c2ccco2)[nH]n1)c1ccc(Br)cc1. The minimum absolute atomic E-state index is 0.243. The molecule has 0 bridgehead atoms. The maximum atomic E-state index is 12.1. The van der Waals surface area contributed by atoms with Crippen molar-refractivity contribution in [1.29, 1.82) is 0 Å². The predicted octanol–water partition coefficient (Wildman–Crippen LogP) is 3.34. The zero-order chi connectivity index (χ0) is 16.2. The van der Waals surface area contributed by atoms with E-state index in [-0.39, 0.29) is 11.6 Å². The molecular weight excluding hydrogens is 360 g/mol. The number of H-pyrrole nitrogens is 1. The number of hydrazine groups is 1. The van der Waals surface area contributed by atoms with E-state index in [2.05, 4.69) is 43.6 Å². The molecule has 23 heavy (non-hydrogen) atoms. The van der Waals surface area contributed by atoms with Gasteiger partial charge in [0.2, 0.25) is 0 Å². The summed E-state index contributed by atoms with van der Waals surface area (Å²) in [5.74, 6) is 0.237. The number of benzene rings is 1. The van der Waals surface area contributed by atoms with Crippen LogP contribution in [-0.2, 0) is 0 Å². The third-order valence-electron chi connectivity index (χ3n) is 3.12. The van der Waals surface area contributed by atoms with Gasteiger partial charge in [-0.05, 0) is 29.8 Å². The van der Waals surface area contributed by atoms with Crippen LogP contribution in [0.5, 0.6) is 0 Å². The Morgan fingerprint density at radius 1 is 1.22 bits per heavy atom. The predicted molar refractivity (Wildman–Crippen MR) is 90.1 cm³/mol. The molecule has 0 atom stereocenters. The van der Waals surface area contributed by atoms with Crippen LogP contribution >= 0.6 is 15.9 Å². The molecule has 1 aromatic carbocycles. The van der Waals surface area contributed by atoms with Gasteiger partial charge in [0.15, 0.2) is 11.5 Å². The van der Waals surface area contributed by atoms with Gasteiger partial charge in [-0.3, -0.25) is 20.7 Å². The Morgan fingerprint density at radius 3 is 2.70 bits per heavy atom. The second-order valence-electron chi connectivity index (χ2n) is 4.71. The largest absolute Gasteiger partial charge is 0.463 e. The summed E-state index contributed by atoms with van der Waals surface area (Å²) in [5, 5.41) is 6.72. The van der Waals surface area contributed by atoms with E-state index in [0.29, 0.717) is 17.2 Å². The quantitative estimate of drug-likeness (QED) is 0.599. The number of amides is 1. The van der Waals surface area contributed by atoms with Crippen molar-refractivity contribution in [2.45, 2.75) is 0 Å². The van der Waals surface area contributed by atoms with E-state index in [1.54, 1.807) is 24.5 Å². The first kappa shape index (κ1) is 15.1. The molecule has 0 spiro atoms. The van der Waals surface area contributed by atoms with E-state index in [1.807, 2.05) is 24.3 Å². The van der Waals surface area contributed by atoms with Gasteiger partial charge in [-0.2, -0.15) is 5.10 Å². The first-order chi connectivity index (χ1) is 11.1. The van der Waals surface area contributed by atoms with Gasteiger partial charge in [0, 0.05) is 10.5 Å². The van der Waals surface area contributed by atoms with Crippen LogP contribution in [0.25, 0.3) is 17.2 Å². The van der Waals surface area contributed by atoms with Gasteiger partial charge >= 0.3 is 0 Å². The van der Waals surface area contributed by atoms with E-state index in [0.717, 1.165) is 10.0 Å². The standard InChI is InChI=1S/C16H13BrN4O2/c1-10(11-4-6-12(17)7-5-11)18-21-16(22)14-9-13(19-20-14)15-3-2-8-23-15/h2-9,18H,1H2,(H,19,20)(H,21,22). The molecule has 0 fully saturated rings. The average Bonchev–Trinajstić information content (AvgIpc) is 3.23. The molecule has 0 unspecified atom stereocenters. The lowest BCUT2D eigenvalue weighted by molar-refractivity contribution is 0.0937. The minimum atomic E-state index is -0.377.